The summed E-state index contributed by atoms with van der Waals surface area (Å²) in [6, 6.07) is 4.04. The normalized spacial score (nSPS) is 14.6. The lowest BCUT2D eigenvalue weighted by Gasteiger charge is -2.28. The maximum Gasteiger partial charge on any atom is 0.0399 e. The van der Waals surface area contributed by atoms with E-state index in [1.54, 1.807) is 0 Å². The maximum absolute atomic E-state index is 6.39. The summed E-state index contributed by atoms with van der Waals surface area (Å²) < 4.78 is 0. The van der Waals surface area contributed by atoms with Gasteiger partial charge in [-0.05, 0) is 62.0 Å². The van der Waals surface area contributed by atoms with Gasteiger partial charge in [0.15, 0.2) is 0 Å². The molecule has 0 aliphatic heterocycles. The van der Waals surface area contributed by atoms with Gasteiger partial charge >= 0.3 is 0 Å². The number of hydrogen-bond acceptors (Lipinski definition) is 2. The van der Waals surface area contributed by atoms with Crippen LogP contribution in [0.1, 0.15) is 70.4 Å². The zero-order valence-electron chi connectivity index (χ0n) is 15.0. The highest BCUT2D eigenvalue weighted by Crippen LogP contribution is 2.40. The van der Waals surface area contributed by atoms with E-state index in [9.17, 15) is 0 Å². The number of anilines is 2. The Balaban J connectivity index is 3.08. The minimum atomic E-state index is 0.434. The van der Waals surface area contributed by atoms with Gasteiger partial charge in [-0.1, -0.05) is 45.9 Å². The molecular formula is C20H34N2. The second-order valence-corrected chi connectivity index (χ2v) is 6.97. The Morgan fingerprint density at radius 3 is 2.36 bits per heavy atom. The summed E-state index contributed by atoms with van der Waals surface area (Å²) in [5.74, 6) is 1.71. The van der Waals surface area contributed by atoms with Gasteiger partial charge in [0.1, 0.15) is 0 Å². The SMILES string of the molecule is CC/C=C/CCC(c1c(N)ccc(C)c1N)C(C)CC(C)C. The van der Waals surface area contributed by atoms with Gasteiger partial charge in [0.25, 0.3) is 0 Å². The van der Waals surface area contributed by atoms with Crippen LogP contribution in [-0.2, 0) is 0 Å². The van der Waals surface area contributed by atoms with Crippen molar-refractivity contribution in [2.24, 2.45) is 11.8 Å². The molecule has 2 unspecified atom stereocenters. The predicted octanol–water partition coefficient (Wildman–Crippen LogP) is 5.67. The van der Waals surface area contributed by atoms with Gasteiger partial charge in [0, 0.05) is 16.9 Å². The molecule has 2 atom stereocenters. The molecule has 0 spiro atoms. The predicted molar refractivity (Wildman–Crippen MR) is 100 cm³/mol. The summed E-state index contributed by atoms with van der Waals surface area (Å²) in [5, 5.41) is 0. The number of rotatable bonds is 8. The Morgan fingerprint density at radius 2 is 1.77 bits per heavy atom. The van der Waals surface area contributed by atoms with E-state index in [1.807, 2.05) is 12.1 Å². The average molecular weight is 303 g/mol. The van der Waals surface area contributed by atoms with Crippen molar-refractivity contribution in [3.8, 4) is 0 Å². The molecule has 0 aliphatic carbocycles. The fourth-order valence-electron chi connectivity index (χ4n) is 3.36. The second kappa shape index (κ2) is 8.87. The van der Waals surface area contributed by atoms with Crippen molar-refractivity contribution in [1.29, 1.82) is 0 Å². The van der Waals surface area contributed by atoms with E-state index in [1.165, 1.54) is 12.0 Å². The van der Waals surface area contributed by atoms with Gasteiger partial charge in [-0.2, -0.15) is 0 Å². The Morgan fingerprint density at radius 1 is 1.09 bits per heavy atom. The number of nitrogens with two attached hydrogens (primary N) is 2. The number of aryl methyl sites for hydroxylation is 1. The summed E-state index contributed by atoms with van der Waals surface area (Å²) in [6.07, 6.45) is 9.04. The highest BCUT2D eigenvalue weighted by molar-refractivity contribution is 5.66. The lowest BCUT2D eigenvalue weighted by Crippen LogP contribution is -2.16. The molecule has 0 bridgehead atoms. The van der Waals surface area contributed by atoms with Crippen molar-refractivity contribution < 1.29 is 0 Å². The zero-order valence-corrected chi connectivity index (χ0v) is 15.0. The van der Waals surface area contributed by atoms with Crippen LogP contribution in [0.25, 0.3) is 0 Å². The van der Waals surface area contributed by atoms with Crippen LogP contribution in [0.4, 0.5) is 11.4 Å². The van der Waals surface area contributed by atoms with E-state index < -0.39 is 0 Å². The fourth-order valence-corrected chi connectivity index (χ4v) is 3.36. The zero-order chi connectivity index (χ0) is 16.7. The Kier molecular flexibility index (Phi) is 7.50. The van der Waals surface area contributed by atoms with E-state index in [-0.39, 0.29) is 0 Å². The summed E-state index contributed by atoms with van der Waals surface area (Å²) in [5.41, 5.74) is 16.7. The van der Waals surface area contributed by atoms with Crippen LogP contribution in [0.3, 0.4) is 0 Å². The van der Waals surface area contributed by atoms with Crippen LogP contribution in [0.15, 0.2) is 24.3 Å². The maximum atomic E-state index is 6.39. The highest BCUT2D eigenvalue weighted by atomic mass is 14.6. The van der Waals surface area contributed by atoms with Crippen molar-refractivity contribution in [2.45, 2.75) is 66.2 Å². The minimum absolute atomic E-state index is 0.434. The van der Waals surface area contributed by atoms with Crippen molar-refractivity contribution in [3.05, 3.63) is 35.4 Å². The molecule has 22 heavy (non-hydrogen) atoms. The van der Waals surface area contributed by atoms with E-state index in [2.05, 4.69) is 46.8 Å². The summed E-state index contributed by atoms with van der Waals surface area (Å²) in [6.45, 7) is 11.2. The topological polar surface area (TPSA) is 52.0 Å². The number of hydrogen-bond donors (Lipinski definition) is 2. The molecule has 0 aromatic heterocycles. The van der Waals surface area contributed by atoms with Crippen LogP contribution in [0, 0.1) is 18.8 Å². The summed E-state index contributed by atoms with van der Waals surface area (Å²) >= 11 is 0. The molecule has 4 N–H and O–H groups in total. The minimum Gasteiger partial charge on any atom is -0.398 e. The van der Waals surface area contributed by atoms with Gasteiger partial charge < -0.3 is 11.5 Å². The second-order valence-electron chi connectivity index (χ2n) is 6.97. The van der Waals surface area contributed by atoms with Crippen LogP contribution >= 0.6 is 0 Å². The van der Waals surface area contributed by atoms with Gasteiger partial charge in [-0.25, -0.2) is 0 Å². The fraction of sp³-hybridized carbons (Fsp3) is 0.600. The molecule has 0 amide bonds. The van der Waals surface area contributed by atoms with Gasteiger partial charge in [0.05, 0.1) is 0 Å². The molecule has 1 aromatic carbocycles. The monoisotopic (exact) mass is 302 g/mol. The smallest absolute Gasteiger partial charge is 0.0399 e. The first kappa shape index (κ1) is 18.6. The van der Waals surface area contributed by atoms with E-state index in [0.717, 1.165) is 36.2 Å². The summed E-state index contributed by atoms with van der Waals surface area (Å²) in [7, 11) is 0. The molecule has 0 fully saturated rings. The Hall–Kier alpha value is -1.44. The van der Waals surface area contributed by atoms with Gasteiger partial charge in [-0.15, -0.1) is 0 Å². The van der Waals surface area contributed by atoms with Crippen molar-refractivity contribution in [2.75, 3.05) is 11.5 Å². The highest BCUT2D eigenvalue weighted by Gasteiger charge is 2.24. The van der Waals surface area contributed by atoms with Gasteiger partial charge in [-0.3, -0.25) is 0 Å². The lowest BCUT2D eigenvalue weighted by molar-refractivity contribution is 0.361. The first-order chi connectivity index (χ1) is 10.4. The Bertz CT molecular complexity index is 489. The molecule has 0 radical (unpaired) electrons. The molecule has 1 aromatic rings. The third-order valence-corrected chi connectivity index (χ3v) is 4.49. The van der Waals surface area contributed by atoms with Crippen molar-refractivity contribution in [1.82, 2.24) is 0 Å². The third-order valence-electron chi connectivity index (χ3n) is 4.49. The number of benzene rings is 1. The van der Waals surface area contributed by atoms with E-state index in [0.29, 0.717) is 17.8 Å². The summed E-state index contributed by atoms with van der Waals surface area (Å²) in [4.78, 5) is 0. The lowest BCUT2D eigenvalue weighted by atomic mass is 9.78. The van der Waals surface area contributed by atoms with E-state index in [4.69, 9.17) is 11.5 Å². The van der Waals surface area contributed by atoms with Crippen molar-refractivity contribution >= 4 is 11.4 Å². The molecule has 0 aliphatic rings. The molecule has 2 nitrogen and oxygen atoms in total. The molecule has 0 saturated carbocycles. The standard InChI is InChI=1S/C20H34N2/c1-6-7-8-9-10-17(16(5)13-14(2)3)19-18(21)12-11-15(4)20(19)22/h7-8,11-12,14,16-17H,6,9-10,13,21-22H2,1-5H3/b8-7+. The number of allylic oxidation sites excluding steroid dienone is 2. The molecular weight excluding hydrogens is 268 g/mol. The molecule has 0 saturated heterocycles. The molecule has 1 rings (SSSR count). The van der Waals surface area contributed by atoms with Crippen LogP contribution < -0.4 is 11.5 Å². The average Bonchev–Trinajstić information content (AvgIpc) is 2.45. The first-order valence-electron chi connectivity index (χ1n) is 8.67. The Labute approximate surface area is 137 Å². The quantitative estimate of drug-likeness (QED) is 0.480. The molecule has 0 heterocycles. The van der Waals surface area contributed by atoms with Crippen LogP contribution in [0.5, 0.6) is 0 Å². The first-order valence-corrected chi connectivity index (χ1v) is 8.67. The van der Waals surface area contributed by atoms with Gasteiger partial charge in [0.2, 0.25) is 0 Å². The van der Waals surface area contributed by atoms with Crippen molar-refractivity contribution in [3.63, 3.8) is 0 Å². The van der Waals surface area contributed by atoms with Crippen LogP contribution in [0.2, 0.25) is 0 Å². The largest absolute Gasteiger partial charge is 0.398 e. The van der Waals surface area contributed by atoms with Crippen LogP contribution in [-0.4, -0.2) is 0 Å². The van der Waals surface area contributed by atoms with E-state index >= 15 is 0 Å². The molecule has 2 heteroatoms. The molecule has 124 valence electrons. The number of nitrogen functional groups attached to an aromatic ring is 2. The third kappa shape index (κ3) is 5.08.